The summed E-state index contributed by atoms with van der Waals surface area (Å²) in [5, 5.41) is 7.35. The molecule has 3 rings (SSSR count). The summed E-state index contributed by atoms with van der Waals surface area (Å²) in [7, 11) is 0. The normalized spacial score (nSPS) is 10.9. The van der Waals surface area contributed by atoms with E-state index in [1.807, 2.05) is 24.3 Å². The van der Waals surface area contributed by atoms with E-state index in [-0.39, 0.29) is 5.91 Å². The molecule has 24 heavy (non-hydrogen) atoms. The number of amides is 1. The van der Waals surface area contributed by atoms with Crippen LogP contribution in [0.4, 0.5) is 5.69 Å². The van der Waals surface area contributed by atoms with Gasteiger partial charge in [0, 0.05) is 10.5 Å². The summed E-state index contributed by atoms with van der Waals surface area (Å²) in [6, 6.07) is 12.9. The van der Waals surface area contributed by atoms with Gasteiger partial charge in [-0.3, -0.25) is 4.79 Å². The lowest BCUT2D eigenvalue weighted by molar-refractivity contribution is -0.111. The molecule has 1 amide bonds. The van der Waals surface area contributed by atoms with Crippen LogP contribution in [0.2, 0.25) is 5.02 Å². The smallest absolute Gasteiger partial charge is 0.248 e. The van der Waals surface area contributed by atoms with Crippen molar-refractivity contribution in [2.24, 2.45) is 0 Å². The zero-order valence-corrected chi connectivity index (χ0v) is 14.7. The average Bonchev–Trinajstić information content (AvgIpc) is 3.08. The van der Waals surface area contributed by atoms with Crippen LogP contribution in [0.3, 0.4) is 0 Å². The Bertz CT molecular complexity index is 893. The minimum absolute atomic E-state index is 0.269. The highest BCUT2D eigenvalue weighted by atomic mass is 79.9. The van der Waals surface area contributed by atoms with E-state index in [1.165, 1.54) is 23.4 Å². The molecule has 0 aliphatic carbocycles. The number of para-hydroxylation sites is 1. The van der Waals surface area contributed by atoms with Gasteiger partial charge in [-0.1, -0.05) is 51.8 Å². The van der Waals surface area contributed by atoms with Gasteiger partial charge in [0.15, 0.2) is 0 Å². The summed E-state index contributed by atoms with van der Waals surface area (Å²) in [4.78, 5) is 16.1. The van der Waals surface area contributed by atoms with E-state index >= 15 is 0 Å². The van der Waals surface area contributed by atoms with E-state index in [9.17, 15) is 4.79 Å². The van der Waals surface area contributed by atoms with Crippen molar-refractivity contribution in [3.63, 3.8) is 0 Å². The van der Waals surface area contributed by atoms with Gasteiger partial charge >= 0.3 is 0 Å². The first-order valence-electron chi connectivity index (χ1n) is 7.02. The molecule has 3 aromatic rings. The highest BCUT2D eigenvalue weighted by Crippen LogP contribution is 2.27. The second-order valence-corrected chi connectivity index (χ2v) is 6.08. The fourth-order valence-electron chi connectivity index (χ4n) is 2.12. The Kier molecular flexibility index (Phi) is 5.08. The zero-order valence-electron chi connectivity index (χ0n) is 12.4. The number of hydrogen-bond donors (Lipinski definition) is 1. The summed E-state index contributed by atoms with van der Waals surface area (Å²) in [6.07, 6.45) is 6.13. The van der Waals surface area contributed by atoms with Crippen LogP contribution in [0, 0.1) is 0 Å². The molecule has 1 N–H and O–H groups in total. The van der Waals surface area contributed by atoms with Crippen molar-refractivity contribution in [2.75, 3.05) is 5.32 Å². The van der Waals surface area contributed by atoms with E-state index in [1.54, 1.807) is 24.3 Å². The summed E-state index contributed by atoms with van der Waals surface area (Å²) >= 11 is 9.68. The number of nitrogens with one attached hydrogen (secondary N) is 1. The first kappa shape index (κ1) is 16.4. The lowest BCUT2D eigenvalue weighted by Crippen LogP contribution is -2.11. The maximum Gasteiger partial charge on any atom is 0.248 e. The molecule has 120 valence electrons. The van der Waals surface area contributed by atoms with Crippen LogP contribution in [-0.4, -0.2) is 20.7 Å². The number of carbonyl (C=O) groups is 1. The van der Waals surface area contributed by atoms with Crippen LogP contribution < -0.4 is 5.32 Å². The molecule has 0 fully saturated rings. The number of anilines is 1. The molecular formula is C17H12BrClN4O. The number of benzene rings is 2. The topological polar surface area (TPSA) is 59.8 Å². The molecule has 0 unspecified atom stereocenters. The van der Waals surface area contributed by atoms with Gasteiger partial charge in [0.2, 0.25) is 5.91 Å². The number of rotatable bonds is 4. The molecule has 1 aromatic heterocycles. The van der Waals surface area contributed by atoms with Gasteiger partial charge in [-0.05, 0) is 29.8 Å². The molecule has 0 atom stereocenters. The fraction of sp³-hybridized carbons (Fsp3) is 0. The Morgan fingerprint density at radius 2 is 2.04 bits per heavy atom. The van der Waals surface area contributed by atoms with Crippen molar-refractivity contribution in [3.05, 3.63) is 76.3 Å². The third kappa shape index (κ3) is 3.72. The predicted molar refractivity (Wildman–Crippen MR) is 98.2 cm³/mol. The largest absolute Gasteiger partial charge is 0.321 e. The summed E-state index contributed by atoms with van der Waals surface area (Å²) in [5.41, 5.74) is 2.03. The monoisotopic (exact) mass is 402 g/mol. The average molecular weight is 404 g/mol. The van der Waals surface area contributed by atoms with Crippen molar-refractivity contribution >= 4 is 45.2 Å². The Labute approximate surface area is 152 Å². The van der Waals surface area contributed by atoms with E-state index in [0.717, 1.165) is 10.0 Å². The standard InChI is InChI=1S/C17H12BrClN4O/c18-13-5-2-1-4-12(13)8-9-16(24)22-15-7-3-6-14(19)17(15)23-11-20-10-21-23/h1-11H,(H,22,24)/b9-8+. The van der Waals surface area contributed by atoms with E-state index in [4.69, 9.17) is 11.6 Å². The molecule has 0 aliphatic rings. The minimum atomic E-state index is -0.269. The number of carbonyl (C=O) groups excluding carboxylic acids is 1. The van der Waals surface area contributed by atoms with Gasteiger partial charge < -0.3 is 5.32 Å². The van der Waals surface area contributed by atoms with Crippen molar-refractivity contribution < 1.29 is 4.79 Å². The Hall–Kier alpha value is -2.44. The third-order valence-electron chi connectivity index (χ3n) is 3.21. The van der Waals surface area contributed by atoms with Gasteiger partial charge in [0.25, 0.3) is 0 Å². The SMILES string of the molecule is O=C(/C=C/c1ccccc1Br)Nc1cccc(Cl)c1-n1cncn1. The summed E-state index contributed by atoms with van der Waals surface area (Å²) < 4.78 is 2.43. The molecule has 0 bridgehead atoms. The van der Waals surface area contributed by atoms with Crippen LogP contribution in [0.15, 0.2) is 65.7 Å². The number of hydrogen-bond acceptors (Lipinski definition) is 3. The predicted octanol–water partition coefficient (Wildman–Crippen LogP) is 4.34. The summed E-state index contributed by atoms with van der Waals surface area (Å²) in [6.45, 7) is 0. The number of halogens is 2. The van der Waals surface area contributed by atoms with Gasteiger partial charge in [0.1, 0.15) is 18.3 Å². The first-order valence-corrected chi connectivity index (χ1v) is 8.19. The van der Waals surface area contributed by atoms with E-state index in [2.05, 4.69) is 31.3 Å². The molecule has 0 saturated heterocycles. The number of aromatic nitrogens is 3. The van der Waals surface area contributed by atoms with Crippen molar-refractivity contribution in [1.82, 2.24) is 14.8 Å². The highest BCUT2D eigenvalue weighted by molar-refractivity contribution is 9.10. The quantitative estimate of drug-likeness (QED) is 0.659. The Balaban J connectivity index is 1.83. The molecule has 2 aromatic carbocycles. The molecule has 7 heteroatoms. The van der Waals surface area contributed by atoms with Gasteiger partial charge in [-0.25, -0.2) is 9.67 Å². The van der Waals surface area contributed by atoms with E-state index < -0.39 is 0 Å². The van der Waals surface area contributed by atoms with Crippen molar-refractivity contribution in [3.8, 4) is 5.69 Å². The highest BCUT2D eigenvalue weighted by Gasteiger charge is 2.11. The summed E-state index contributed by atoms with van der Waals surface area (Å²) in [5.74, 6) is -0.269. The third-order valence-corrected chi connectivity index (χ3v) is 4.24. The van der Waals surface area contributed by atoms with E-state index in [0.29, 0.717) is 16.4 Å². The maximum atomic E-state index is 12.2. The molecule has 0 radical (unpaired) electrons. The Morgan fingerprint density at radius 3 is 2.79 bits per heavy atom. The minimum Gasteiger partial charge on any atom is -0.321 e. The lowest BCUT2D eigenvalue weighted by atomic mass is 10.2. The van der Waals surface area contributed by atoms with Crippen LogP contribution >= 0.6 is 27.5 Å². The molecular weight excluding hydrogens is 392 g/mol. The molecule has 0 spiro atoms. The van der Waals surface area contributed by atoms with Crippen LogP contribution in [0.5, 0.6) is 0 Å². The van der Waals surface area contributed by atoms with Gasteiger partial charge in [-0.15, -0.1) is 0 Å². The first-order chi connectivity index (χ1) is 11.6. The van der Waals surface area contributed by atoms with Crippen LogP contribution in [-0.2, 0) is 4.79 Å². The second kappa shape index (κ2) is 7.42. The second-order valence-electron chi connectivity index (χ2n) is 4.82. The lowest BCUT2D eigenvalue weighted by Gasteiger charge is -2.11. The van der Waals surface area contributed by atoms with Gasteiger partial charge in [0.05, 0.1) is 10.7 Å². The molecule has 0 aliphatic heterocycles. The van der Waals surface area contributed by atoms with Gasteiger partial charge in [-0.2, -0.15) is 5.10 Å². The van der Waals surface area contributed by atoms with Crippen molar-refractivity contribution in [2.45, 2.75) is 0 Å². The zero-order chi connectivity index (χ0) is 16.9. The van der Waals surface area contributed by atoms with Crippen LogP contribution in [0.1, 0.15) is 5.56 Å². The molecule has 1 heterocycles. The number of nitrogens with zero attached hydrogens (tertiary/aromatic N) is 3. The fourth-order valence-corrected chi connectivity index (χ4v) is 2.80. The maximum absolute atomic E-state index is 12.2. The Morgan fingerprint density at radius 1 is 1.21 bits per heavy atom. The molecule has 5 nitrogen and oxygen atoms in total. The van der Waals surface area contributed by atoms with Crippen molar-refractivity contribution in [1.29, 1.82) is 0 Å². The molecule has 0 saturated carbocycles. The van der Waals surface area contributed by atoms with Crippen LogP contribution in [0.25, 0.3) is 11.8 Å².